The molecule has 0 aliphatic carbocycles. The summed E-state index contributed by atoms with van der Waals surface area (Å²) in [7, 11) is -3.63. The van der Waals surface area contributed by atoms with Crippen LogP contribution in [0.5, 0.6) is 0 Å². The first-order chi connectivity index (χ1) is 7.98. The molecule has 90 valence electrons. The molecule has 2 N–H and O–H groups in total. The van der Waals surface area contributed by atoms with E-state index in [9.17, 15) is 8.42 Å². The fourth-order valence-electron chi connectivity index (χ4n) is 1.78. The van der Waals surface area contributed by atoms with E-state index in [0.717, 1.165) is 5.56 Å². The molecule has 0 aliphatic heterocycles. The van der Waals surface area contributed by atoms with Crippen molar-refractivity contribution in [1.29, 1.82) is 0 Å². The van der Waals surface area contributed by atoms with Crippen molar-refractivity contribution in [3.63, 3.8) is 0 Å². The minimum atomic E-state index is -3.63. The Morgan fingerprint density at radius 3 is 2.35 bits per heavy atom. The maximum absolute atomic E-state index is 11.3. The lowest BCUT2D eigenvalue weighted by molar-refractivity contribution is 0.596. The first kappa shape index (κ1) is 11.9. The van der Waals surface area contributed by atoms with Crippen molar-refractivity contribution in [3.05, 3.63) is 53.9 Å². The molecule has 17 heavy (non-hydrogen) atoms. The van der Waals surface area contributed by atoms with Crippen LogP contribution in [0.3, 0.4) is 0 Å². The standard InChI is InChI=1S/C12H14N2O2S/c1-10-12(17(13,15)16)7-8-14(10)9-11-5-3-2-4-6-11/h2-8H,9H2,1H3,(H2,13,15,16). The number of nitrogens with two attached hydrogens (primary N) is 1. The largest absolute Gasteiger partial charge is 0.346 e. The predicted octanol–water partition coefficient (Wildman–Crippen LogP) is 1.49. The third-order valence-corrected chi connectivity index (χ3v) is 3.74. The zero-order valence-electron chi connectivity index (χ0n) is 9.50. The van der Waals surface area contributed by atoms with Crippen LogP contribution in [-0.4, -0.2) is 13.0 Å². The van der Waals surface area contributed by atoms with E-state index in [1.807, 2.05) is 34.9 Å². The van der Waals surface area contributed by atoms with Gasteiger partial charge in [-0.15, -0.1) is 0 Å². The van der Waals surface area contributed by atoms with Crippen molar-refractivity contribution in [3.8, 4) is 0 Å². The highest BCUT2D eigenvalue weighted by Crippen LogP contribution is 2.16. The molecule has 5 heteroatoms. The lowest BCUT2D eigenvalue weighted by Gasteiger charge is -2.07. The average molecular weight is 250 g/mol. The Morgan fingerprint density at radius 1 is 1.18 bits per heavy atom. The molecule has 2 aromatic rings. The van der Waals surface area contributed by atoms with E-state index in [1.54, 1.807) is 13.1 Å². The smallest absolute Gasteiger partial charge is 0.239 e. The molecule has 2 rings (SSSR count). The molecule has 0 spiro atoms. The van der Waals surface area contributed by atoms with Gasteiger partial charge in [0.1, 0.15) is 4.90 Å². The van der Waals surface area contributed by atoms with Crippen molar-refractivity contribution in [2.45, 2.75) is 18.4 Å². The summed E-state index contributed by atoms with van der Waals surface area (Å²) in [6, 6.07) is 11.4. The van der Waals surface area contributed by atoms with Gasteiger partial charge in [0.05, 0.1) is 0 Å². The molecule has 0 amide bonds. The normalized spacial score (nSPS) is 11.6. The summed E-state index contributed by atoms with van der Waals surface area (Å²) < 4.78 is 24.4. The van der Waals surface area contributed by atoms with Gasteiger partial charge in [-0.2, -0.15) is 0 Å². The number of nitrogens with zero attached hydrogens (tertiary/aromatic N) is 1. The van der Waals surface area contributed by atoms with Gasteiger partial charge in [-0.1, -0.05) is 30.3 Å². The number of rotatable bonds is 3. The van der Waals surface area contributed by atoms with Crippen molar-refractivity contribution in [1.82, 2.24) is 4.57 Å². The molecule has 0 aliphatic rings. The second kappa shape index (κ2) is 4.35. The molecule has 0 saturated carbocycles. The van der Waals surface area contributed by atoms with E-state index in [0.29, 0.717) is 12.2 Å². The highest BCUT2D eigenvalue weighted by Gasteiger charge is 2.14. The van der Waals surface area contributed by atoms with Crippen LogP contribution in [-0.2, 0) is 16.6 Å². The van der Waals surface area contributed by atoms with Crippen LogP contribution < -0.4 is 5.14 Å². The molecule has 4 nitrogen and oxygen atoms in total. The van der Waals surface area contributed by atoms with Crippen molar-refractivity contribution >= 4 is 10.0 Å². The van der Waals surface area contributed by atoms with Gasteiger partial charge in [-0.3, -0.25) is 0 Å². The summed E-state index contributed by atoms with van der Waals surface area (Å²) >= 11 is 0. The van der Waals surface area contributed by atoms with E-state index >= 15 is 0 Å². The lowest BCUT2D eigenvalue weighted by atomic mass is 10.2. The third kappa shape index (κ3) is 2.57. The molecule has 0 atom stereocenters. The molecule has 0 radical (unpaired) electrons. The van der Waals surface area contributed by atoms with Crippen LogP contribution in [0, 0.1) is 6.92 Å². The molecule has 0 fully saturated rings. The Labute approximate surface area is 101 Å². The van der Waals surface area contributed by atoms with Gasteiger partial charge < -0.3 is 4.57 Å². The highest BCUT2D eigenvalue weighted by atomic mass is 32.2. The monoisotopic (exact) mass is 250 g/mol. The van der Waals surface area contributed by atoms with Gasteiger partial charge >= 0.3 is 0 Å². The predicted molar refractivity (Wildman–Crippen MR) is 66.1 cm³/mol. The third-order valence-electron chi connectivity index (χ3n) is 2.70. The SMILES string of the molecule is Cc1c(S(N)(=O)=O)ccn1Cc1ccccc1. The van der Waals surface area contributed by atoms with Crippen LogP contribution in [0.1, 0.15) is 11.3 Å². The van der Waals surface area contributed by atoms with Gasteiger partial charge in [0.2, 0.25) is 10.0 Å². The van der Waals surface area contributed by atoms with E-state index < -0.39 is 10.0 Å². The minimum absolute atomic E-state index is 0.188. The summed E-state index contributed by atoms with van der Waals surface area (Å²) in [6.45, 7) is 2.39. The lowest BCUT2D eigenvalue weighted by Crippen LogP contribution is -2.13. The molecular formula is C12H14N2O2S. The van der Waals surface area contributed by atoms with Crippen LogP contribution >= 0.6 is 0 Å². The summed E-state index contributed by atoms with van der Waals surface area (Å²) in [6.07, 6.45) is 1.74. The van der Waals surface area contributed by atoms with E-state index in [-0.39, 0.29) is 4.90 Å². The number of primary sulfonamides is 1. The number of aromatic nitrogens is 1. The Kier molecular flexibility index (Phi) is 3.04. The Balaban J connectivity index is 2.34. The zero-order chi connectivity index (χ0) is 12.5. The van der Waals surface area contributed by atoms with Crippen molar-refractivity contribution in [2.75, 3.05) is 0 Å². The van der Waals surface area contributed by atoms with Crippen molar-refractivity contribution in [2.24, 2.45) is 5.14 Å². The number of sulfonamides is 1. The summed E-state index contributed by atoms with van der Waals surface area (Å²) in [4.78, 5) is 0.188. The molecule has 1 aromatic heterocycles. The van der Waals surface area contributed by atoms with Crippen LogP contribution in [0.25, 0.3) is 0 Å². The number of hydrogen-bond acceptors (Lipinski definition) is 2. The second-order valence-electron chi connectivity index (χ2n) is 3.92. The second-order valence-corrected chi connectivity index (χ2v) is 5.45. The van der Waals surface area contributed by atoms with Crippen LogP contribution in [0.15, 0.2) is 47.5 Å². The zero-order valence-corrected chi connectivity index (χ0v) is 10.3. The Hall–Kier alpha value is -1.59. The number of benzene rings is 1. The topological polar surface area (TPSA) is 65.1 Å². The maximum atomic E-state index is 11.3. The minimum Gasteiger partial charge on any atom is -0.346 e. The molecule has 0 unspecified atom stereocenters. The van der Waals surface area contributed by atoms with Crippen LogP contribution in [0.4, 0.5) is 0 Å². The van der Waals surface area contributed by atoms with Gasteiger partial charge in [0, 0.05) is 18.4 Å². The van der Waals surface area contributed by atoms with Gasteiger partial charge in [-0.05, 0) is 18.6 Å². The van der Waals surface area contributed by atoms with E-state index in [2.05, 4.69) is 0 Å². The van der Waals surface area contributed by atoms with E-state index in [4.69, 9.17) is 5.14 Å². The fraction of sp³-hybridized carbons (Fsp3) is 0.167. The summed E-state index contributed by atoms with van der Waals surface area (Å²) in [5, 5.41) is 5.12. The molecular weight excluding hydrogens is 236 g/mol. The van der Waals surface area contributed by atoms with Gasteiger partial charge in [-0.25, -0.2) is 13.6 Å². The molecule has 0 saturated heterocycles. The summed E-state index contributed by atoms with van der Waals surface area (Å²) in [5.41, 5.74) is 1.78. The van der Waals surface area contributed by atoms with Crippen LogP contribution in [0.2, 0.25) is 0 Å². The summed E-state index contributed by atoms with van der Waals surface area (Å²) in [5.74, 6) is 0. The van der Waals surface area contributed by atoms with Gasteiger partial charge in [0.15, 0.2) is 0 Å². The first-order valence-electron chi connectivity index (χ1n) is 5.21. The first-order valence-corrected chi connectivity index (χ1v) is 6.75. The maximum Gasteiger partial charge on any atom is 0.239 e. The Morgan fingerprint density at radius 2 is 1.82 bits per heavy atom. The molecule has 0 bridgehead atoms. The number of hydrogen-bond donors (Lipinski definition) is 1. The Bertz CT molecular complexity index is 615. The van der Waals surface area contributed by atoms with Crippen molar-refractivity contribution < 1.29 is 8.42 Å². The average Bonchev–Trinajstić information content (AvgIpc) is 2.61. The quantitative estimate of drug-likeness (QED) is 0.897. The fourth-order valence-corrected chi connectivity index (χ4v) is 2.56. The van der Waals surface area contributed by atoms with Gasteiger partial charge in [0.25, 0.3) is 0 Å². The van der Waals surface area contributed by atoms with E-state index in [1.165, 1.54) is 6.07 Å². The molecule has 1 heterocycles. The molecule has 1 aromatic carbocycles. The highest BCUT2D eigenvalue weighted by molar-refractivity contribution is 7.89.